The average Bonchev–Trinajstić information content (AvgIpc) is 2.56. The summed E-state index contributed by atoms with van der Waals surface area (Å²) >= 11 is 5.96. The molecule has 1 saturated heterocycles. The molecule has 1 aliphatic heterocycles. The van der Waals surface area contributed by atoms with Crippen molar-refractivity contribution < 1.29 is 0 Å². The predicted molar refractivity (Wildman–Crippen MR) is 91.4 cm³/mol. The van der Waals surface area contributed by atoms with E-state index in [1.165, 1.54) is 12.8 Å². The lowest BCUT2D eigenvalue weighted by molar-refractivity contribution is 0.479. The molecule has 0 bridgehead atoms. The summed E-state index contributed by atoms with van der Waals surface area (Å²) in [6, 6.07) is 10.2. The molecule has 0 amide bonds. The van der Waals surface area contributed by atoms with Crippen molar-refractivity contribution in [3.63, 3.8) is 0 Å². The molecule has 0 radical (unpaired) electrons. The average molecular weight is 317 g/mol. The molecule has 0 aliphatic carbocycles. The Morgan fingerprint density at radius 3 is 2.77 bits per heavy atom. The number of aromatic nitrogens is 2. The lowest BCUT2D eigenvalue weighted by Crippen LogP contribution is -2.38. The number of piperidine rings is 1. The van der Waals surface area contributed by atoms with E-state index in [9.17, 15) is 0 Å². The Bertz CT molecular complexity index is 621. The number of hydrogen-bond donors (Lipinski definition) is 2. The molecule has 1 aromatic carbocycles. The predicted octanol–water partition coefficient (Wildman–Crippen LogP) is 3.52. The molecule has 5 heteroatoms. The van der Waals surface area contributed by atoms with E-state index < -0.39 is 0 Å². The molecule has 2 heterocycles. The number of nitrogens with one attached hydrogen (secondary N) is 2. The third-order valence-electron chi connectivity index (χ3n) is 3.89. The van der Waals surface area contributed by atoms with Crippen LogP contribution in [0.25, 0.3) is 11.4 Å². The van der Waals surface area contributed by atoms with E-state index in [2.05, 4.69) is 27.5 Å². The van der Waals surface area contributed by atoms with Crippen molar-refractivity contribution in [3.05, 3.63) is 41.0 Å². The van der Waals surface area contributed by atoms with Gasteiger partial charge in [-0.2, -0.15) is 0 Å². The van der Waals surface area contributed by atoms with Crippen LogP contribution in [0.5, 0.6) is 0 Å². The van der Waals surface area contributed by atoms with Gasteiger partial charge in [-0.15, -0.1) is 0 Å². The minimum Gasteiger partial charge on any atom is -0.366 e. The Morgan fingerprint density at radius 2 is 2.09 bits per heavy atom. The van der Waals surface area contributed by atoms with Crippen LogP contribution in [0.3, 0.4) is 0 Å². The van der Waals surface area contributed by atoms with Crippen LogP contribution in [0.2, 0.25) is 5.02 Å². The number of nitrogens with zero attached hydrogens (tertiary/aromatic N) is 2. The van der Waals surface area contributed by atoms with Gasteiger partial charge >= 0.3 is 0 Å². The number of hydrogen-bond acceptors (Lipinski definition) is 4. The molecule has 2 N–H and O–H groups in total. The van der Waals surface area contributed by atoms with E-state index in [4.69, 9.17) is 11.6 Å². The fourth-order valence-electron chi connectivity index (χ4n) is 2.66. The van der Waals surface area contributed by atoms with Crippen LogP contribution in [0.15, 0.2) is 30.3 Å². The van der Waals surface area contributed by atoms with Crippen LogP contribution >= 0.6 is 11.6 Å². The molecule has 1 unspecified atom stereocenters. The zero-order valence-corrected chi connectivity index (χ0v) is 13.5. The summed E-state index contributed by atoms with van der Waals surface area (Å²) in [5.41, 5.74) is 2.04. The summed E-state index contributed by atoms with van der Waals surface area (Å²) in [6.45, 7) is 4.21. The van der Waals surface area contributed by atoms with Gasteiger partial charge in [-0.1, -0.05) is 18.5 Å². The highest BCUT2D eigenvalue weighted by Gasteiger charge is 2.14. The highest BCUT2D eigenvalue weighted by molar-refractivity contribution is 6.30. The van der Waals surface area contributed by atoms with Gasteiger partial charge in [0, 0.05) is 34.9 Å². The van der Waals surface area contributed by atoms with Crippen LogP contribution < -0.4 is 10.6 Å². The van der Waals surface area contributed by atoms with Gasteiger partial charge in [0.15, 0.2) is 5.82 Å². The highest BCUT2D eigenvalue weighted by atomic mass is 35.5. The van der Waals surface area contributed by atoms with Gasteiger partial charge in [-0.25, -0.2) is 9.97 Å². The van der Waals surface area contributed by atoms with Crippen LogP contribution in [0.4, 0.5) is 5.82 Å². The van der Waals surface area contributed by atoms with E-state index in [0.717, 1.165) is 47.4 Å². The zero-order chi connectivity index (χ0) is 15.4. The lowest BCUT2D eigenvalue weighted by Gasteiger charge is -2.24. The normalized spacial score (nSPS) is 18.2. The van der Waals surface area contributed by atoms with Gasteiger partial charge < -0.3 is 10.6 Å². The first-order valence-corrected chi connectivity index (χ1v) is 8.23. The van der Waals surface area contributed by atoms with Crippen molar-refractivity contribution in [2.24, 2.45) is 0 Å². The van der Waals surface area contributed by atoms with Gasteiger partial charge in [-0.3, -0.25) is 0 Å². The largest absolute Gasteiger partial charge is 0.366 e. The van der Waals surface area contributed by atoms with Crippen molar-refractivity contribution in [3.8, 4) is 11.4 Å². The Morgan fingerprint density at radius 1 is 1.27 bits per heavy atom. The van der Waals surface area contributed by atoms with Crippen LogP contribution in [0, 0.1) is 0 Å². The minimum atomic E-state index is 0.437. The molecule has 1 fully saturated rings. The van der Waals surface area contributed by atoms with Crippen molar-refractivity contribution in [2.75, 3.05) is 18.4 Å². The fourth-order valence-corrected chi connectivity index (χ4v) is 2.79. The molecule has 4 nitrogen and oxygen atoms in total. The maximum atomic E-state index is 5.96. The zero-order valence-electron chi connectivity index (χ0n) is 12.8. The topological polar surface area (TPSA) is 49.8 Å². The Labute approximate surface area is 136 Å². The van der Waals surface area contributed by atoms with Crippen molar-refractivity contribution >= 4 is 17.4 Å². The molecule has 22 heavy (non-hydrogen) atoms. The van der Waals surface area contributed by atoms with E-state index in [1.54, 1.807) is 0 Å². The van der Waals surface area contributed by atoms with Crippen molar-refractivity contribution in [1.82, 2.24) is 15.3 Å². The molecule has 1 aromatic heterocycles. The van der Waals surface area contributed by atoms with Gasteiger partial charge in [0.05, 0.1) is 0 Å². The molecule has 2 aromatic rings. The van der Waals surface area contributed by atoms with Crippen molar-refractivity contribution in [1.29, 1.82) is 0 Å². The standard InChI is InChI=1S/C17H21ClN4/c1-2-14-10-16(20-15-4-3-9-19-11-15)22-17(21-14)12-5-7-13(18)8-6-12/h5-8,10,15,19H,2-4,9,11H2,1H3,(H,20,21,22). The second kappa shape index (κ2) is 7.07. The summed E-state index contributed by atoms with van der Waals surface area (Å²) in [6.07, 6.45) is 3.27. The molecule has 3 rings (SSSR count). The monoisotopic (exact) mass is 316 g/mol. The third kappa shape index (κ3) is 3.76. The van der Waals surface area contributed by atoms with Gasteiger partial charge in [0.25, 0.3) is 0 Å². The van der Waals surface area contributed by atoms with Crippen LogP contribution in [-0.4, -0.2) is 29.1 Å². The first-order chi connectivity index (χ1) is 10.7. The van der Waals surface area contributed by atoms with Crippen molar-refractivity contribution in [2.45, 2.75) is 32.2 Å². The van der Waals surface area contributed by atoms with E-state index >= 15 is 0 Å². The first kappa shape index (κ1) is 15.3. The van der Waals surface area contributed by atoms with Crippen LogP contribution in [0.1, 0.15) is 25.5 Å². The van der Waals surface area contributed by atoms with Gasteiger partial charge in [0.1, 0.15) is 5.82 Å². The number of benzene rings is 1. The molecule has 1 aliphatic rings. The second-order valence-electron chi connectivity index (χ2n) is 5.62. The molecule has 0 saturated carbocycles. The number of rotatable bonds is 4. The van der Waals surface area contributed by atoms with Gasteiger partial charge in [0.2, 0.25) is 0 Å². The van der Waals surface area contributed by atoms with E-state index in [0.29, 0.717) is 6.04 Å². The summed E-state index contributed by atoms with van der Waals surface area (Å²) in [5.74, 6) is 1.66. The van der Waals surface area contributed by atoms with E-state index in [1.807, 2.05) is 30.3 Å². The quantitative estimate of drug-likeness (QED) is 0.906. The molecule has 0 spiro atoms. The van der Waals surface area contributed by atoms with Crippen LogP contribution in [-0.2, 0) is 6.42 Å². The smallest absolute Gasteiger partial charge is 0.161 e. The lowest BCUT2D eigenvalue weighted by atomic mass is 10.1. The maximum absolute atomic E-state index is 5.96. The first-order valence-electron chi connectivity index (χ1n) is 7.86. The summed E-state index contributed by atoms with van der Waals surface area (Å²) < 4.78 is 0. The SMILES string of the molecule is CCc1cc(NC2CCCNC2)nc(-c2ccc(Cl)cc2)n1. The summed E-state index contributed by atoms with van der Waals surface area (Å²) in [5, 5.41) is 7.68. The Hall–Kier alpha value is -1.65. The minimum absolute atomic E-state index is 0.437. The Balaban J connectivity index is 1.86. The summed E-state index contributed by atoms with van der Waals surface area (Å²) in [4.78, 5) is 9.32. The molecular formula is C17H21ClN4. The molecule has 116 valence electrons. The highest BCUT2D eigenvalue weighted by Crippen LogP contribution is 2.21. The fraction of sp³-hybridized carbons (Fsp3) is 0.412. The maximum Gasteiger partial charge on any atom is 0.161 e. The number of halogens is 1. The molecule has 1 atom stereocenters. The number of anilines is 1. The second-order valence-corrected chi connectivity index (χ2v) is 6.05. The van der Waals surface area contributed by atoms with E-state index in [-0.39, 0.29) is 0 Å². The third-order valence-corrected chi connectivity index (χ3v) is 4.14. The Kier molecular flexibility index (Phi) is 4.90. The van der Waals surface area contributed by atoms with Gasteiger partial charge in [-0.05, 0) is 50.1 Å². The summed E-state index contributed by atoms with van der Waals surface area (Å²) in [7, 11) is 0. The molecular weight excluding hydrogens is 296 g/mol. The number of aryl methyl sites for hydroxylation is 1.